The van der Waals surface area contributed by atoms with Gasteiger partial charge in [0.05, 0.1) is 5.56 Å². The number of carbonyl (C=O) groups is 2. The minimum Gasteiger partial charge on any atom is -0.338 e. The number of anilines is 1. The fourth-order valence-electron chi connectivity index (χ4n) is 4.45. The second-order valence-corrected chi connectivity index (χ2v) is 8.85. The van der Waals surface area contributed by atoms with Crippen LogP contribution in [0.4, 0.5) is 5.69 Å². The smallest absolute Gasteiger partial charge is 0.255 e. The van der Waals surface area contributed by atoms with E-state index in [1.807, 2.05) is 36.9 Å². The molecule has 0 aliphatic carbocycles. The number of hydrogen-bond donors (Lipinski definition) is 1. The molecule has 2 aliphatic rings. The van der Waals surface area contributed by atoms with E-state index < -0.39 is 0 Å². The van der Waals surface area contributed by atoms with E-state index in [0.29, 0.717) is 28.8 Å². The molecule has 1 aromatic heterocycles. The highest BCUT2D eigenvalue weighted by molar-refractivity contribution is 6.31. The fourth-order valence-corrected chi connectivity index (χ4v) is 4.63. The predicted octanol–water partition coefficient (Wildman–Crippen LogP) is 3.38. The average molecular weight is 427 g/mol. The van der Waals surface area contributed by atoms with Gasteiger partial charge >= 0.3 is 0 Å². The van der Waals surface area contributed by atoms with Crippen LogP contribution in [-0.4, -0.2) is 59.3 Å². The summed E-state index contributed by atoms with van der Waals surface area (Å²) >= 11 is 6.12. The van der Waals surface area contributed by atoms with E-state index in [9.17, 15) is 9.59 Å². The van der Waals surface area contributed by atoms with Crippen LogP contribution in [0, 0.1) is 25.7 Å². The lowest BCUT2D eigenvalue weighted by atomic mass is 10.0. The molecule has 4 rings (SSSR count). The molecule has 158 valence electrons. The number of amides is 2. The number of nitrogens with zero attached hydrogens (tertiary/aromatic N) is 3. The Labute approximate surface area is 182 Å². The van der Waals surface area contributed by atoms with Crippen molar-refractivity contribution >= 4 is 29.1 Å². The molecule has 2 unspecified atom stereocenters. The second kappa shape index (κ2) is 8.74. The van der Waals surface area contributed by atoms with Crippen molar-refractivity contribution in [3.63, 3.8) is 0 Å². The Morgan fingerprint density at radius 1 is 1.10 bits per heavy atom. The maximum absolute atomic E-state index is 12.8. The van der Waals surface area contributed by atoms with Gasteiger partial charge in [-0.05, 0) is 55.0 Å². The number of pyridine rings is 1. The highest BCUT2D eigenvalue weighted by Crippen LogP contribution is 2.32. The number of hydrogen-bond acceptors (Lipinski definition) is 4. The summed E-state index contributed by atoms with van der Waals surface area (Å²) in [7, 11) is 0. The second-order valence-electron chi connectivity index (χ2n) is 8.44. The number of fused-ring (bicyclic) bond motifs is 1. The minimum atomic E-state index is -0.00386. The summed E-state index contributed by atoms with van der Waals surface area (Å²) in [5.41, 5.74) is 3.38. The fraction of sp³-hybridized carbons (Fsp3) is 0.435. The summed E-state index contributed by atoms with van der Waals surface area (Å²) in [5.74, 6) is 1.03. The lowest BCUT2D eigenvalue weighted by molar-refractivity contribution is -0.116. The lowest BCUT2D eigenvalue weighted by Crippen LogP contribution is -2.34. The van der Waals surface area contributed by atoms with Gasteiger partial charge in [-0.2, -0.15) is 0 Å². The van der Waals surface area contributed by atoms with Gasteiger partial charge in [0.15, 0.2) is 0 Å². The SMILES string of the molecule is Cc1ccc(NC(=O)CCN2CC3CN(C(=O)c4cnccc4C)CC3C2)cc1Cl. The van der Waals surface area contributed by atoms with Gasteiger partial charge in [-0.1, -0.05) is 17.7 Å². The number of carbonyl (C=O) groups excluding carboxylic acids is 2. The van der Waals surface area contributed by atoms with Crippen LogP contribution < -0.4 is 5.32 Å². The van der Waals surface area contributed by atoms with Gasteiger partial charge in [0.2, 0.25) is 5.91 Å². The van der Waals surface area contributed by atoms with Crippen LogP contribution in [0.25, 0.3) is 0 Å². The maximum Gasteiger partial charge on any atom is 0.255 e. The lowest BCUT2D eigenvalue weighted by Gasteiger charge is -2.22. The Morgan fingerprint density at radius 3 is 2.50 bits per heavy atom. The Hall–Kier alpha value is -2.44. The molecule has 2 fully saturated rings. The first-order chi connectivity index (χ1) is 14.4. The van der Waals surface area contributed by atoms with Crippen LogP contribution in [0.5, 0.6) is 0 Å². The number of rotatable bonds is 5. The van der Waals surface area contributed by atoms with Crippen molar-refractivity contribution in [2.45, 2.75) is 20.3 Å². The van der Waals surface area contributed by atoms with Crippen LogP contribution >= 0.6 is 11.6 Å². The van der Waals surface area contributed by atoms with E-state index in [0.717, 1.165) is 49.5 Å². The Morgan fingerprint density at radius 2 is 1.83 bits per heavy atom. The number of likely N-dealkylation sites (tertiary alicyclic amines) is 2. The van der Waals surface area contributed by atoms with Crippen molar-refractivity contribution in [3.8, 4) is 0 Å². The van der Waals surface area contributed by atoms with E-state index in [1.165, 1.54) is 0 Å². The third kappa shape index (κ3) is 4.50. The molecule has 6 nitrogen and oxygen atoms in total. The predicted molar refractivity (Wildman–Crippen MR) is 118 cm³/mol. The largest absolute Gasteiger partial charge is 0.338 e. The molecule has 2 atom stereocenters. The zero-order valence-corrected chi connectivity index (χ0v) is 18.2. The summed E-state index contributed by atoms with van der Waals surface area (Å²) in [6.45, 7) is 8.04. The molecular formula is C23H27ClN4O2. The van der Waals surface area contributed by atoms with Gasteiger partial charge in [0.1, 0.15) is 0 Å². The highest BCUT2D eigenvalue weighted by atomic mass is 35.5. The van der Waals surface area contributed by atoms with E-state index in [4.69, 9.17) is 11.6 Å². The molecule has 0 saturated carbocycles. The summed E-state index contributed by atoms with van der Waals surface area (Å²) < 4.78 is 0. The zero-order valence-electron chi connectivity index (χ0n) is 17.4. The maximum atomic E-state index is 12.8. The van der Waals surface area contributed by atoms with Crippen molar-refractivity contribution < 1.29 is 9.59 Å². The number of benzene rings is 1. The molecule has 0 spiro atoms. The van der Waals surface area contributed by atoms with Gasteiger partial charge in [0.25, 0.3) is 5.91 Å². The van der Waals surface area contributed by atoms with E-state index >= 15 is 0 Å². The van der Waals surface area contributed by atoms with Crippen molar-refractivity contribution in [1.29, 1.82) is 0 Å². The molecule has 2 aromatic rings. The summed E-state index contributed by atoms with van der Waals surface area (Å²) in [4.78, 5) is 33.5. The van der Waals surface area contributed by atoms with E-state index in [2.05, 4.69) is 15.2 Å². The van der Waals surface area contributed by atoms with Gasteiger partial charge in [0, 0.05) is 62.2 Å². The quantitative estimate of drug-likeness (QED) is 0.795. The summed E-state index contributed by atoms with van der Waals surface area (Å²) in [5, 5.41) is 3.57. The Bertz CT molecular complexity index is 950. The monoisotopic (exact) mass is 426 g/mol. The molecule has 2 saturated heterocycles. The van der Waals surface area contributed by atoms with Gasteiger partial charge in [-0.15, -0.1) is 0 Å². The van der Waals surface area contributed by atoms with Crippen molar-refractivity contribution in [2.75, 3.05) is 38.0 Å². The minimum absolute atomic E-state index is 0.00386. The molecule has 0 radical (unpaired) electrons. The Kier molecular flexibility index (Phi) is 6.06. The van der Waals surface area contributed by atoms with Gasteiger partial charge < -0.3 is 15.1 Å². The molecule has 1 N–H and O–H groups in total. The van der Waals surface area contributed by atoms with Crippen LogP contribution in [0.2, 0.25) is 5.02 Å². The van der Waals surface area contributed by atoms with E-state index in [-0.39, 0.29) is 11.8 Å². The highest BCUT2D eigenvalue weighted by Gasteiger charge is 2.41. The molecular weight excluding hydrogens is 400 g/mol. The van der Waals surface area contributed by atoms with Crippen molar-refractivity contribution in [3.05, 3.63) is 58.4 Å². The number of nitrogens with one attached hydrogen (secondary N) is 1. The first-order valence-electron chi connectivity index (χ1n) is 10.4. The van der Waals surface area contributed by atoms with Crippen molar-refractivity contribution in [2.24, 2.45) is 11.8 Å². The zero-order chi connectivity index (χ0) is 21.3. The third-order valence-electron chi connectivity index (χ3n) is 6.23. The standard InChI is InChI=1S/C23H27ClN4O2/c1-15-5-7-25-10-20(15)23(30)28-13-17-11-27(12-18(17)14-28)8-6-22(29)26-19-4-3-16(2)21(24)9-19/h3-5,7,9-10,17-18H,6,8,11-14H2,1-2H3,(H,26,29). The normalized spacial score (nSPS) is 21.0. The van der Waals surface area contributed by atoms with Gasteiger partial charge in [-0.25, -0.2) is 0 Å². The van der Waals surface area contributed by atoms with Gasteiger partial charge in [-0.3, -0.25) is 14.6 Å². The van der Waals surface area contributed by atoms with Crippen molar-refractivity contribution in [1.82, 2.24) is 14.8 Å². The average Bonchev–Trinajstić information content (AvgIpc) is 3.28. The first kappa shape index (κ1) is 20.8. The number of aryl methyl sites for hydroxylation is 2. The Balaban J connectivity index is 1.24. The van der Waals surface area contributed by atoms with Crippen LogP contribution in [0.15, 0.2) is 36.7 Å². The molecule has 7 heteroatoms. The molecule has 3 heterocycles. The number of aromatic nitrogens is 1. The molecule has 30 heavy (non-hydrogen) atoms. The van der Waals surface area contributed by atoms with Crippen LogP contribution in [0.1, 0.15) is 27.9 Å². The molecule has 2 amide bonds. The topological polar surface area (TPSA) is 65.5 Å². The van der Waals surface area contributed by atoms with E-state index in [1.54, 1.807) is 18.5 Å². The molecule has 0 bridgehead atoms. The third-order valence-corrected chi connectivity index (χ3v) is 6.64. The molecule has 2 aliphatic heterocycles. The molecule has 1 aromatic carbocycles. The summed E-state index contributed by atoms with van der Waals surface area (Å²) in [6.07, 6.45) is 3.83. The first-order valence-corrected chi connectivity index (χ1v) is 10.8. The number of halogens is 1. The van der Waals surface area contributed by atoms with Crippen LogP contribution in [-0.2, 0) is 4.79 Å². The summed E-state index contributed by atoms with van der Waals surface area (Å²) in [6, 6.07) is 7.43. The van der Waals surface area contributed by atoms with Crippen LogP contribution in [0.3, 0.4) is 0 Å².